The fraction of sp³-hybridized carbons (Fsp3) is 1.00. The van der Waals surface area contributed by atoms with Crippen LogP contribution in [0.2, 0.25) is 0 Å². The number of hydrogen-bond acceptors (Lipinski definition) is 6. The van der Waals surface area contributed by atoms with Crippen molar-refractivity contribution in [3.8, 4) is 0 Å². The van der Waals surface area contributed by atoms with Crippen LogP contribution in [0.25, 0.3) is 0 Å². The molecule has 0 aliphatic heterocycles. The van der Waals surface area contributed by atoms with Crippen LogP contribution in [0.5, 0.6) is 0 Å². The van der Waals surface area contributed by atoms with E-state index in [-0.39, 0.29) is 19.5 Å². The van der Waals surface area contributed by atoms with Gasteiger partial charge in [0.1, 0.15) is 16.5 Å². The molecule has 0 aromatic rings. The minimum atomic E-state index is -2.91. The van der Waals surface area contributed by atoms with Gasteiger partial charge < -0.3 is 28.0 Å². The molecule has 0 rings (SSSR count). The molecule has 0 aliphatic carbocycles. The monoisotopic (exact) mass is 338 g/mol. The van der Waals surface area contributed by atoms with Crippen molar-refractivity contribution in [1.82, 2.24) is 0 Å². The predicted octanol–water partition coefficient (Wildman–Crippen LogP) is 1.10. The second-order valence-electron chi connectivity index (χ2n) is 2.90. The summed E-state index contributed by atoms with van der Waals surface area (Å²) in [5.74, 6) is 0. The molecule has 0 saturated carbocycles. The van der Waals surface area contributed by atoms with Gasteiger partial charge in [-0.05, 0) is 12.8 Å². The van der Waals surface area contributed by atoms with E-state index in [1.165, 1.54) is 0 Å². The van der Waals surface area contributed by atoms with Gasteiger partial charge in [0.05, 0.1) is 13.2 Å². The van der Waals surface area contributed by atoms with Crippen LogP contribution >= 0.6 is 16.5 Å². The van der Waals surface area contributed by atoms with Crippen LogP contribution in [0.4, 0.5) is 0 Å². The van der Waals surface area contributed by atoms with E-state index in [1.54, 1.807) is 0 Å². The van der Waals surface area contributed by atoms with Crippen molar-refractivity contribution in [2.24, 2.45) is 0 Å². The van der Waals surface area contributed by atoms with Crippen molar-refractivity contribution >= 4 is 16.5 Å². The van der Waals surface area contributed by atoms with E-state index in [9.17, 15) is 18.9 Å². The van der Waals surface area contributed by atoms with Crippen LogP contribution in [0, 0.1) is 0 Å². The van der Waals surface area contributed by atoms with Crippen LogP contribution in [-0.2, 0) is 37.7 Å². The first-order chi connectivity index (χ1) is 7.54. The van der Waals surface area contributed by atoms with Gasteiger partial charge in [0.2, 0.25) is 0 Å². The maximum Gasteiger partial charge on any atom is 2.00 e. The molecule has 0 radical (unpaired) electrons. The SMILES string of the molecule is CCCCO[PH](=O)[O-].CCCCO[PH](=O)[O-].[Zn+2]. The van der Waals surface area contributed by atoms with Crippen molar-refractivity contribution in [1.29, 1.82) is 0 Å². The van der Waals surface area contributed by atoms with Crippen LogP contribution in [-0.4, -0.2) is 13.2 Å². The topological polar surface area (TPSA) is 98.7 Å². The summed E-state index contributed by atoms with van der Waals surface area (Å²) in [5.41, 5.74) is 0. The van der Waals surface area contributed by atoms with E-state index < -0.39 is 16.5 Å². The van der Waals surface area contributed by atoms with E-state index in [0.29, 0.717) is 13.2 Å². The molecule has 0 amide bonds. The van der Waals surface area contributed by atoms with Gasteiger partial charge in [-0.1, -0.05) is 26.7 Å². The molecule has 0 fully saturated rings. The second-order valence-corrected chi connectivity index (χ2v) is 4.48. The Bertz CT molecular complexity index is 173. The molecule has 0 N–H and O–H groups in total. The predicted molar refractivity (Wildman–Crippen MR) is 59.7 cm³/mol. The van der Waals surface area contributed by atoms with Crippen molar-refractivity contribution in [3.05, 3.63) is 0 Å². The standard InChI is InChI=1S/2C4H11O3P.Zn/c2*1-2-3-4-7-8(5)6;/h2*8H,2-4H2,1H3,(H,5,6);/q;;+2/p-2. The van der Waals surface area contributed by atoms with Crippen LogP contribution in [0.3, 0.4) is 0 Å². The summed E-state index contributed by atoms with van der Waals surface area (Å²) < 4.78 is 28.0. The molecule has 0 spiro atoms. The van der Waals surface area contributed by atoms with Gasteiger partial charge in [0, 0.05) is 0 Å². The molecule has 9 heteroatoms. The Morgan fingerprint density at radius 2 is 1.18 bits per heavy atom. The Labute approximate surface area is 117 Å². The summed E-state index contributed by atoms with van der Waals surface area (Å²) in [4.78, 5) is 19.5. The average Bonchev–Trinajstić information content (AvgIpc) is 2.18. The Balaban J connectivity index is -0.000000218. The summed E-state index contributed by atoms with van der Waals surface area (Å²) in [6.45, 7) is 4.65. The minimum Gasteiger partial charge on any atom is -0.781 e. The summed E-state index contributed by atoms with van der Waals surface area (Å²) in [6.07, 6.45) is 3.57. The smallest absolute Gasteiger partial charge is 0.781 e. The fourth-order valence-electron chi connectivity index (χ4n) is 0.600. The maximum absolute atomic E-state index is 9.73. The van der Waals surface area contributed by atoms with Gasteiger partial charge >= 0.3 is 19.5 Å². The summed E-state index contributed by atoms with van der Waals surface area (Å²) in [7, 11) is -5.81. The Kier molecular flexibility index (Phi) is 26.1. The third kappa shape index (κ3) is 31.6. The first-order valence-electron chi connectivity index (χ1n) is 5.22. The van der Waals surface area contributed by atoms with Gasteiger partial charge in [-0.2, -0.15) is 0 Å². The van der Waals surface area contributed by atoms with Gasteiger partial charge in [-0.25, -0.2) is 0 Å². The van der Waals surface area contributed by atoms with Gasteiger partial charge in [-0.3, -0.25) is 0 Å². The molecule has 6 nitrogen and oxygen atoms in total. The zero-order valence-corrected chi connectivity index (χ0v) is 15.4. The Morgan fingerprint density at radius 1 is 0.882 bits per heavy atom. The molecule has 17 heavy (non-hydrogen) atoms. The van der Waals surface area contributed by atoms with Crippen LogP contribution < -0.4 is 9.79 Å². The van der Waals surface area contributed by atoms with Crippen molar-refractivity contribution in [2.75, 3.05) is 13.2 Å². The average molecular weight is 340 g/mol. The van der Waals surface area contributed by atoms with E-state index in [2.05, 4.69) is 9.05 Å². The van der Waals surface area contributed by atoms with E-state index in [4.69, 9.17) is 0 Å². The van der Waals surface area contributed by atoms with Crippen molar-refractivity contribution in [2.45, 2.75) is 39.5 Å². The molecule has 0 heterocycles. The molecular formula is C8H20O6P2Zn. The van der Waals surface area contributed by atoms with Gasteiger partial charge in [0.25, 0.3) is 0 Å². The Hall–Kier alpha value is 0.923. The van der Waals surface area contributed by atoms with Gasteiger partial charge in [0.15, 0.2) is 0 Å². The minimum absolute atomic E-state index is 0. The van der Waals surface area contributed by atoms with Gasteiger partial charge in [-0.15, -0.1) is 0 Å². The number of rotatable bonds is 8. The third-order valence-electron chi connectivity index (χ3n) is 1.44. The first kappa shape index (κ1) is 23.0. The van der Waals surface area contributed by atoms with E-state index in [0.717, 1.165) is 25.7 Å². The van der Waals surface area contributed by atoms with E-state index in [1.807, 2.05) is 13.8 Å². The normalized spacial score (nSPS) is 12.9. The van der Waals surface area contributed by atoms with Crippen molar-refractivity contribution in [3.63, 3.8) is 0 Å². The molecule has 0 aliphatic rings. The zero-order valence-electron chi connectivity index (χ0n) is 10.4. The third-order valence-corrected chi connectivity index (χ3v) is 2.32. The van der Waals surface area contributed by atoms with Crippen molar-refractivity contribution < 1.29 is 47.4 Å². The first-order valence-corrected chi connectivity index (χ1v) is 7.67. The van der Waals surface area contributed by atoms with Crippen LogP contribution in [0.1, 0.15) is 39.5 Å². The molecule has 0 aromatic heterocycles. The zero-order chi connectivity index (χ0) is 12.8. The Morgan fingerprint density at radius 3 is 1.35 bits per heavy atom. The molecule has 0 saturated heterocycles. The van der Waals surface area contributed by atoms with Crippen LogP contribution in [0.15, 0.2) is 0 Å². The molecule has 100 valence electrons. The molecule has 2 atom stereocenters. The quantitative estimate of drug-likeness (QED) is 0.373. The maximum atomic E-state index is 9.73. The largest absolute Gasteiger partial charge is 2.00 e. The molecule has 0 bridgehead atoms. The summed E-state index contributed by atoms with van der Waals surface area (Å²) in [6, 6.07) is 0. The second kappa shape index (κ2) is 19.3. The molecule has 0 aromatic carbocycles. The van der Waals surface area contributed by atoms with E-state index >= 15 is 0 Å². The number of hydrogen-bond donors (Lipinski definition) is 0. The fourth-order valence-corrected chi connectivity index (χ4v) is 1.22. The summed E-state index contributed by atoms with van der Waals surface area (Å²) >= 11 is 0. The molecular weight excluding hydrogens is 319 g/mol. The molecule has 2 unspecified atom stereocenters. The number of unbranched alkanes of at least 4 members (excludes halogenated alkanes) is 2. The summed E-state index contributed by atoms with van der Waals surface area (Å²) in [5, 5.41) is 0.